The molecule has 4 N–H and O–H groups in total. The van der Waals surface area contributed by atoms with Crippen LogP contribution in [0.3, 0.4) is 0 Å². The van der Waals surface area contributed by atoms with Crippen LogP contribution in [0.2, 0.25) is 10.0 Å². The summed E-state index contributed by atoms with van der Waals surface area (Å²) in [7, 11) is 0. The third kappa shape index (κ3) is 8.06. The molecule has 196 valence electrons. The van der Waals surface area contributed by atoms with Crippen LogP contribution >= 0.6 is 23.2 Å². The van der Waals surface area contributed by atoms with Crippen molar-refractivity contribution in [3.05, 3.63) is 87.6 Å². The minimum atomic E-state index is -0.368. The average molecular weight is 543 g/mol. The van der Waals surface area contributed by atoms with E-state index in [1.165, 1.54) is 6.20 Å². The normalized spacial score (nSPS) is 16.9. The Morgan fingerprint density at radius 2 is 2.08 bits per heavy atom. The number of carbonyl (C=O) groups is 2. The van der Waals surface area contributed by atoms with Crippen molar-refractivity contribution in [2.24, 2.45) is 16.6 Å². The quantitative estimate of drug-likeness (QED) is 0.408. The Labute approximate surface area is 227 Å². The first-order chi connectivity index (χ1) is 17.8. The highest BCUT2D eigenvalue weighted by Crippen LogP contribution is 2.22. The third-order valence-electron chi connectivity index (χ3n) is 6.06. The van der Waals surface area contributed by atoms with E-state index in [0.717, 1.165) is 18.4 Å². The van der Waals surface area contributed by atoms with Gasteiger partial charge in [-0.3, -0.25) is 19.6 Å². The molecule has 2 aromatic rings. The number of rotatable bonds is 9. The van der Waals surface area contributed by atoms with Gasteiger partial charge >= 0.3 is 0 Å². The Balaban J connectivity index is 1.63. The summed E-state index contributed by atoms with van der Waals surface area (Å²) in [4.78, 5) is 36.5. The summed E-state index contributed by atoms with van der Waals surface area (Å²) in [5.74, 6) is 0.257. The molecule has 1 atom stereocenters. The van der Waals surface area contributed by atoms with Gasteiger partial charge in [0.15, 0.2) is 0 Å². The fraction of sp³-hybridized carbons (Fsp3) is 0.333. The van der Waals surface area contributed by atoms with Crippen LogP contribution in [-0.4, -0.2) is 47.0 Å². The first-order valence-electron chi connectivity index (χ1n) is 12.1. The number of hydrogen-bond acceptors (Lipinski definition) is 6. The van der Waals surface area contributed by atoms with Crippen molar-refractivity contribution >= 4 is 40.7 Å². The predicted molar refractivity (Wildman–Crippen MR) is 148 cm³/mol. The van der Waals surface area contributed by atoms with Gasteiger partial charge in [-0.15, -0.1) is 0 Å². The van der Waals surface area contributed by atoms with Gasteiger partial charge in [0.25, 0.3) is 11.8 Å². The third-order valence-corrected chi connectivity index (χ3v) is 6.80. The zero-order chi connectivity index (χ0) is 26.8. The van der Waals surface area contributed by atoms with Gasteiger partial charge in [0.05, 0.1) is 15.6 Å². The van der Waals surface area contributed by atoms with Crippen molar-refractivity contribution < 1.29 is 9.59 Å². The van der Waals surface area contributed by atoms with Gasteiger partial charge in [-0.2, -0.15) is 0 Å². The number of hydrogen-bond donors (Lipinski definition) is 3. The van der Waals surface area contributed by atoms with Gasteiger partial charge in [-0.25, -0.2) is 0 Å². The highest BCUT2D eigenvalue weighted by Gasteiger charge is 2.25. The number of nitrogens with one attached hydrogen (secondary N) is 2. The average Bonchev–Trinajstić information content (AvgIpc) is 2.92. The van der Waals surface area contributed by atoms with E-state index in [2.05, 4.69) is 20.6 Å². The number of pyridine rings is 1. The molecule has 0 saturated carbocycles. The maximum Gasteiger partial charge on any atom is 0.275 e. The maximum absolute atomic E-state index is 13.1. The minimum absolute atomic E-state index is 0.0384. The number of halogens is 2. The van der Waals surface area contributed by atoms with Crippen molar-refractivity contribution in [2.45, 2.75) is 33.2 Å². The van der Waals surface area contributed by atoms with Gasteiger partial charge in [0.2, 0.25) is 0 Å². The molecule has 1 aromatic heterocycles. The van der Waals surface area contributed by atoms with Crippen LogP contribution < -0.4 is 16.4 Å². The standard InChI is InChI=1S/C27H32Cl2N6O2/c1-3-24(32-14-19-8-9-22(28)23(29)12-19)34-26(36)25(18(2)13-30)33-15-20-6-5-11-35(17-20)27(37)21-7-4-10-31-16-21/h3-4,7-10,12-13,16,20,32H,5-6,11,14-15,17,30H2,1-2H3,(H,34,36). The number of allylic oxidation sites excluding steroid dienone is 1. The fourth-order valence-corrected chi connectivity index (χ4v) is 4.31. The van der Waals surface area contributed by atoms with Crippen LogP contribution in [0.5, 0.6) is 0 Å². The van der Waals surface area contributed by atoms with Crippen LogP contribution in [0.25, 0.3) is 0 Å². The molecule has 0 aliphatic carbocycles. The van der Waals surface area contributed by atoms with Gasteiger partial charge in [0.1, 0.15) is 11.5 Å². The molecule has 3 rings (SSSR count). The van der Waals surface area contributed by atoms with Gasteiger partial charge < -0.3 is 21.3 Å². The molecule has 0 radical (unpaired) electrons. The smallest absolute Gasteiger partial charge is 0.275 e. The van der Waals surface area contributed by atoms with E-state index in [4.69, 9.17) is 28.9 Å². The molecule has 1 saturated heterocycles. The van der Waals surface area contributed by atoms with Crippen LogP contribution in [0, 0.1) is 5.92 Å². The number of nitrogens with two attached hydrogens (primary N) is 1. The van der Waals surface area contributed by atoms with Crippen molar-refractivity contribution in [2.75, 3.05) is 19.6 Å². The number of amides is 2. The van der Waals surface area contributed by atoms with E-state index in [1.807, 2.05) is 17.9 Å². The van der Waals surface area contributed by atoms with E-state index in [-0.39, 0.29) is 23.4 Å². The summed E-state index contributed by atoms with van der Waals surface area (Å²) in [6.07, 6.45) is 8.16. The van der Waals surface area contributed by atoms with Crippen LogP contribution in [0.4, 0.5) is 0 Å². The molecule has 1 aromatic carbocycles. The lowest BCUT2D eigenvalue weighted by atomic mass is 9.97. The summed E-state index contributed by atoms with van der Waals surface area (Å²) in [5.41, 5.74) is 8.04. The largest absolute Gasteiger partial charge is 0.404 e. The van der Waals surface area contributed by atoms with E-state index >= 15 is 0 Å². The topological polar surface area (TPSA) is 113 Å². The molecular weight excluding hydrogens is 511 g/mol. The first-order valence-corrected chi connectivity index (χ1v) is 12.9. The minimum Gasteiger partial charge on any atom is -0.404 e. The van der Waals surface area contributed by atoms with Crippen molar-refractivity contribution in [1.82, 2.24) is 20.5 Å². The molecule has 2 amide bonds. The van der Waals surface area contributed by atoms with E-state index in [1.54, 1.807) is 49.7 Å². The van der Waals surface area contributed by atoms with E-state index in [0.29, 0.717) is 53.2 Å². The van der Waals surface area contributed by atoms with E-state index < -0.39 is 0 Å². The molecule has 37 heavy (non-hydrogen) atoms. The number of aliphatic imine (C=N–C) groups is 1. The van der Waals surface area contributed by atoms with Crippen molar-refractivity contribution in [1.29, 1.82) is 0 Å². The predicted octanol–water partition coefficient (Wildman–Crippen LogP) is 4.31. The van der Waals surface area contributed by atoms with Gasteiger partial charge in [-0.1, -0.05) is 29.3 Å². The maximum atomic E-state index is 13.1. The number of nitrogens with zero attached hydrogens (tertiary/aromatic N) is 3. The van der Waals surface area contributed by atoms with Gasteiger partial charge in [-0.05, 0) is 80.3 Å². The van der Waals surface area contributed by atoms with Gasteiger partial charge in [0, 0.05) is 38.6 Å². The Hall–Kier alpha value is -3.36. The Morgan fingerprint density at radius 3 is 2.76 bits per heavy atom. The highest BCUT2D eigenvalue weighted by atomic mass is 35.5. The number of aromatic nitrogens is 1. The first kappa shape index (κ1) is 28.2. The lowest BCUT2D eigenvalue weighted by Gasteiger charge is -2.32. The number of benzene rings is 1. The lowest BCUT2D eigenvalue weighted by Crippen LogP contribution is -2.41. The monoisotopic (exact) mass is 542 g/mol. The summed E-state index contributed by atoms with van der Waals surface area (Å²) in [6.45, 7) is 5.68. The van der Waals surface area contributed by atoms with Crippen LogP contribution in [0.1, 0.15) is 42.6 Å². The summed E-state index contributed by atoms with van der Waals surface area (Å²) >= 11 is 12.1. The number of likely N-dealkylation sites (tertiary alicyclic amines) is 1. The van der Waals surface area contributed by atoms with Crippen LogP contribution in [-0.2, 0) is 11.3 Å². The molecule has 2 heterocycles. The molecule has 1 unspecified atom stereocenters. The zero-order valence-corrected chi connectivity index (χ0v) is 22.5. The van der Waals surface area contributed by atoms with E-state index in [9.17, 15) is 9.59 Å². The molecule has 0 spiro atoms. The number of carbonyl (C=O) groups excluding carboxylic acids is 2. The highest BCUT2D eigenvalue weighted by molar-refractivity contribution is 6.45. The summed E-state index contributed by atoms with van der Waals surface area (Å²) < 4.78 is 0. The molecule has 10 heteroatoms. The SMILES string of the molecule is CC=C(NCc1ccc(Cl)c(Cl)c1)NC(=O)C(=NCC1CCCN(C(=O)c2cccnc2)C1)C(C)=CN. The Bertz CT molecular complexity index is 1200. The molecule has 1 aliphatic heterocycles. The molecule has 8 nitrogen and oxygen atoms in total. The second-order valence-electron chi connectivity index (χ2n) is 8.80. The van der Waals surface area contributed by atoms with Crippen LogP contribution in [0.15, 0.2) is 71.4 Å². The van der Waals surface area contributed by atoms with Crippen molar-refractivity contribution in [3.8, 4) is 0 Å². The second kappa shape index (κ2) is 13.8. The Kier molecular flexibility index (Phi) is 10.5. The molecule has 0 bridgehead atoms. The lowest BCUT2D eigenvalue weighted by molar-refractivity contribution is -0.114. The number of piperidine rings is 1. The second-order valence-corrected chi connectivity index (χ2v) is 9.61. The zero-order valence-electron chi connectivity index (χ0n) is 21.0. The summed E-state index contributed by atoms with van der Waals surface area (Å²) in [6, 6.07) is 8.88. The molecular formula is C27H32Cl2N6O2. The summed E-state index contributed by atoms with van der Waals surface area (Å²) in [5, 5.41) is 7.00. The molecule has 1 aliphatic rings. The molecule has 1 fully saturated rings. The van der Waals surface area contributed by atoms with Crippen molar-refractivity contribution in [3.63, 3.8) is 0 Å². The fourth-order valence-electron chi connectivity index (χ4n) is 3.99. The Morgan fingerprint density at radius 1 is 1.27 bits per heavy atom.